The molecule has 0 spiro atoms. The highest BCUT2D eigenvalue weighted by atomic mass is 16.1. The third-order valence-electron chi connectivity index (χ3n) is 3.54. The van der Waals surface area contributed by atoms with Gasteiger partial charge in [-0.3, -0.25) is 0 Å². The van der Waals surface area contributed by atoms with Crippen LogP contribution >= 0.6 is 0 Å². The Hall–Kier alpha value is -0.330. The molecule has 84 valence electrons. The van der Waals surface area contributed by atoms with Crippen LogP contribution in [0.15, 0.2) is 0 Å². The monoisotopic (exact) mass is 198 g/mol. The van der Waals surface area contributed by atoms with E-state index in [1.165, 1.54) is 19.3 Å². The number of carbonyl (C=O) groups is 1. The number of rotatable bonds is 7. The molecule has 14 heavy (non-hydrogen) atoms. The smallest absolute Gasteiger partial charge is 0.129 e. The number of Topliss-reactive ketones (excluding diaryl/α,β-unsaturated/α-hetero) is 1. The predicted octanol–water partition coefficient (Wildman–Crippen LogP) is 4.21. The number of carbonyl (C=O) groups excluding carboxylic acids is 1. The van der Waals surface area contributed by atoms with Gasteiger partial charge in [-0.1, -0.05) is 40.5 Å². The number of hydrogen-bond acceptors (Lipinski definition) is 1. The minimum Gasteiger partial charge on any atom is -0.300 e. The Kier molecular flexibility index (Phi) is 6.06. The summed E-state index contributed by atoms with van der Waals surface area (Å²) in [4.78, 5) is 11.0. The second-order valence-electron chi connectivity index (χ2n) is 5.11. The lowest BCUT2D eigenvalue weighted by atomic mass is 9.72. The molecule has 0 aromatic heterocycles. The van der Waals surface area contributed by atoms with Crippen LogP contribution in [0, 0.1) is 11.3 Å². The molecule has 0 rings (SSSR count). The molecular weight excluding hydrogens is 172 g/mol. The molecule has 0 fully saturated rings. The number of ketones is 1. The first-order valence-corrected chi connectivity index (χ1v) is 5.92. The van der Waals surface area contributed by atoms with Crippen molar-refractivity contribution in [2.75, 3.05) is 0 Å². The van der Waals surface area contributed by atoms with E-state index in [2.05, 4.69) is 27.7 Å². The van der Waals surface area contributed by atoms with Crippen molar-refractivity contribution in [3.63, 3.8) is 0 Å². The Morgan fingerprint density at radius 2 is 1.86 bits per heavy atom. The summed E-state index contributed by atoms with van der Waals surface area (Å²) in [6.45, 7) is 10.8. The van der Waals surface area contributed by atoms with Crippen LogP contribution in [0.25, 0.3) is 0 Å². The van der Waals surface area contributed by atoms with Gasteiger partial charge in [-0.2, -0.15) is 0 Å². The first kappa shape index (κ1) is 13.7. The summed E-state index contributed by atoms with van der Waals surface area (Å²) in [6, 6.07) is 0. The van der Waals surface area contributed by atoms with Crippen molar-refractivity contribution in [3.05, 3.63) is 0 Å². The quantitative estimate of drug-likeness (QED) is 0.599. The molecule has 0 aliphatic carbocycles. The molecule has 0 radical (unpaired) electrons. The first-order chi connectivity index (χ1) is 6.42. The van der Waals surface area contributed by atoms with Gasteiger partial charge in [0.2, 0.25) is 0 Å². The maximum atomic E-state index is 11.0. The van der Waals surface area contributed by atoms with Crippen LogP contribution in [-0.4, -0.2) is 5.78 Å². The highest BCUT2D eigenvalue weighted by molar-refractivity contribution is 5.75. The minimum absolute atomic E-state index is 0.327. The highest BCUT2D eigenvalue weighted by Crippen LogP contribution is 2.37. The van der Waals surface area contributed by atoms with Crippen LogP contribution in [0.3, 0.4) is 0 Å². The van der Waals surface area contributed by atoms with E-state index in [9.17, 15) is 4.79 Å². The van der Waals surface area contributed by atoms with Crippen molar-refractivity contribution < 1.29 is 4.79 Å². The summed E-state index contributed by atoms with van der Waals surface area (Å²) in [5, 5.41) is 0. The summed E-state index contributed by atoms with van der Waals surface area (Å²) in [6.07, 6.45) is 5.60. The molecule has 1 atom stereocenters. The second-order valence-corrected chi connectivity index (χ2v) is 5.11. The van der Waals surface area contributed by atoms with E-state index < -0.39 is 0 Å². The lowest BCUT2D eigenvalue weighted by Crippen LogP contribution is -2.24. The van der Waals surface area contributed by atoms with E-state index in [-0.39, 0.29) is 0 Å². The molecule has 0 heterocycles. The number of unbranched alkanes of at least 4 members (excludes halogenated alkanes) is 1. The van der Waals surface area contributed by atoms with Gasteiger partial charge in [0.1, 0.15) is 5.78 Å². The molecule has 0 aromatic carbocycles. The van der Waals surface area contributed by atoms with Crippen LogP contribution in [0.1, 0.15) is 66.7 Å². The Morgan fingerprint density at radius 3 is 2.21 bits per heavy atom. The summed E-state index contributed by atoms with van der Waals surface area (Å²) in [7, 11) is 0. The van der Waals surface area contributed by atoms with Crippen molar-refractivity contribution in [2.24, 2.45) is 11.3 Å². The van der Waals surface area contributed by atoms with Gasteiger partial charge in [0.25, 0.3) is 0 Å². The van der Waals surface area contributed by atoms with Gasteiger partial charge in [-0.25, -0.2) is 0 Å². The van der Waals surface area contributed by atoms with Crippen molar-refractivity contribution >= 4 is 5.78 Å². The Bertz CT molecular complexity index is 172. The van der Waals surface area contributed by atoms with Gasteiger partial charge >= 0.3 is 0 Å². The molecule has 1 heteroatoms. The van der Waals surface area contributed by atoms with E-state index in [1.807, 2.05) is 0 Å². The van der Waals surface area contributed by atoms with E-state index in [0.29, 0.717) is 17.1 Å². The Balaban J connectivity index is 4.16. The lowest BCUT2D eigenvalue weighted by Gasteiger charge is -2.33. The van der Waals surface area contributed by atoms with Gasteiger partial charge in [-0.05, 0) is 31.1 Å². The fraction of sp³-hybridized carbons (Fsp3) is 0.923. The van der Waals surface area contributed by atoms with E-state index in [1.54, 1.807) is 6.92 Å². The largest absolute Gasteiger partial charge is 0.300 e. The van der Waals surface area contributed by atoms with Gasteiger partial charge in [0.15, 0.2) is 0 Å². The predicted molar refractivity (Wildman–Crippen MR) is 62.4 cm³/mol. The lowest BCUT2D eigenvalue weighted by molar-refractivity contribution is -0.117. The third-order valence-corrected chi connectivity index (χ3v) is 3.54. The van der Waals surface area contributed by atoms with Crippen LogP contribution in [0.2, 0.25) is 0 Å². The van der Waals surface area contributed by atoms with E-state index >= 15 is 0 Å². The molecule has 0 saturated heterocycles. The topological polar surface area (TPSA) is 17.1 Å². The van der Waals surface area contributed by atoms with Crippen molar-refractivity contribution in [2.45, 2.75) is 66.7 Å². The highest BCUT2D eigenvalue weighted by Gasteiger charge is 2.27. The summed E-state index contributed by atoms with van der Waals surface area (Å²) in [5.74, 6) is 1.00. The molecular formula is C13H26O. The molecule has 0 saturated carbocycles. The molecule has 0 aliphatic heterocycles. The van der Waals surface area contributed by atoms with Crippen LogP contribution in [0.4, 0.5) is 0 Å². The SMILES string of the molecule is CCCCC(C)(CCC(C)=O)C(C)C. The molecule has 0 N–H and O–H groups in total. The zero-order valence-corrected chi connectivity index (χ0v) is 10.5. The summed E-state index contributed by atoms with van der Waals surface area (Å²) in [5.41, 5.74) is 0.363. The van der Waals surface area contributed by atoms with Gasteiger partial charge in [0.05, 0.1) is 0 Å². The van der Waals surface area contributed by atoms with Crippen LogP contribution in [0.5, 0.6) is 0 Å². The average molecular weight is 198 g/mol. The second kappa shape index (κ2) is 6.21. The maximum Gasteiger partial charge on any atom is 0.129 e. The fourth-order valence-electron chi connectivity index (χ4n) is 1.74. The zero-order chi connectivity index (χ0) is 11.2. The average Bonchev–Trinajstić information content (AvgIpc) is 2.11. The van der Waals surface area contributed by atoms with Gasteiger partial charge in [-0.15, -0.1) is 0 Å². The Morgan fingerprint density at radius 1 is 1.29 bits per heavy atom. The molecule has 1 unspecified atom stereocenters. The molecule has 0 amide bonds. The van der Waals surface area contributed by atoms with Crippen molar-refractivity contribution in [1.82, 2.24) is 0 Å². The zero-order valence-electron chi connectivity index (χ0n) is 10.5. The summed E-state index contributed by atoms with van der Waals surface area (Å²) < 4.78 is 0. The summed E-state index contributed by atoms with van der Waals surface area (Å²) >= 11 is 0. The van der Waals surface area contributed by atoms with Gasteiger partial charge in [0, 0.05) is 6.42 Å². The van der Waals surface area contributed by atoms with E-state index in [0.717, 1.165) is 12.8 Å². The normalized spacial score (nSPS) is 15.6. The fourth-order valence-corrected chi connectivity index (χ4v) is 1.74. The molecule has 0 bridgehead atoms. The van der Waals surface area contributed by atoms with Crippen LogP contribution in [-0.2, 0) is 4.79 Å². The molecule has 1 nitrogen and oxygen atoms in total. The third kappa shape index (κ3) is 4.78. The van der Waals surface area contributed by atoms with Crippen molar-refractivity contribution in [1.29, 1.82) is 0 Å². The Labute approximate surface area is 89.3 Å². The molecule has 0 aromatic rings. The van der Waals surface area contributed by atoms with Crippen molar-refractivity contribution in [3.8, 4) is 0 Å². The maximum absolute atomic E-state index is 11.0. The standard InChI is InChI=1S/C13H26O/c1-6-7-9-13(5,11(2)3)10-8-12(4)14/h11H,6-10H2,1-5H3. The number of hydrogen-bond donors (Lipinski definition) is 0. The minimum atomic E-state index is 0.327. The van der Waals surface area contributed by atoms with Gasteiger partial charge < -0.3 is 4.79 Å². The first-order valence-electron chi connectivity index (χ1n) is 5.92. The van der Waals surface area contributed by atoms with E-state index in [4.69, 9.17) is 0 Å². The molecule has 0 aliphatic rings. The van der Waals surface area contributed by atoms with Crippen LogP contribution < -0.4 is 0 Å².